The average molecular weight is 987 g/mol. The number of carbonyl (C=O) groups excluding carboxylic acids is 2. The number of hydrogen-bond acceptors (Lipinski definition) is 5. The van der Waals surface area contributed by atoms with Crippen LogP contribution < -0.4 is 5.32 Å². The van der Waals surface area contributed by atoms with Crippen LogP contribution in [0.15, 0.2) is 24.3 Å². The van der Waals surface area contributed by atoms with Crippen molar-refractivity contribution in [1.29, 1.82) is 0 Å². The monoisotopic (exact) mass is 986 g/mol. The van der Waals surface area contributed by atoms with E-state index < -0.39 is 12.1 Å². The predicted molar refractivity (Wildman–Crippen MR) is 306 cm³/mol. The van der Waals surface area contributed by atoms with Gasteiger partial charge in [-0.25, -0.2) is 0 Å². The lowest BCUT2D eigenvalue weighted by Crippen LogP contribution is -2.45. The van der Waals surface area contributed by atoms with E-state index in [1.165, 1.54) is 263 Å². The number of aliphatic hydroxyl groups is 2. The Bertz CT molecular complexity index is 1090. The van der Waals surface area contributed by atoms with Crippen molar-refractivity contribution < 1.29 is 24.5 Å². The summed E-state index contributed by atoms with van der Waals surface area (Å²) in [5.74, 6) is -0.0267. The number of ether oxygens (including phenoxy) is 1. The van der Waals surface area contributed by atoms with Gasteiger partial charge in [-0.1, -0.05) is 308 Å². The number of amides is 1. The highest BCUT2D eigenvalue weighted by Crippen LogP contribution is 2.18. The number of aliphatic hydroxyl groups excluding tert-OH is 2. The number of hydrogen-bond donors (Lipinski definition) is 3. The molecule has 0 fully saturated rings. The van der Waals surface area contributed by atoms with Crippen molar-refractivity contribution in [2.24, 2.45) is 0 Å². The van der Waals surface area contributed by atoms with Crippen LogP contribution in [0.25, 0.3) is 0 Å². The van der Waals surface area contributed by atoms with Crippen molar-refractivity contribution in [2.75, 3.05) is 13.2 Å². The van der Waals surface area contributed by atoms with Crippen LogP contribution in [0.3, 0.4) is 0 Å². The number of allylic oxidation sites excluding steroid dienone is 4. The van der Waals surface area contributed by atoms with Gasteiger partial charge in [0.1, 0.15) is 0 Å². The summed E-state index contributed by atoms with van der Waals surface area (Å²) < 4.78 is 5.47. The van der Waals surface area contributed by atoms with E-state index >= 15 is 0 Å². The number of nitrogens with one attached hydrogen (secondary N) is 1. The largest absolute Gasteiger partial charge is 0.466 e. The molecule has 0 bridgehead atoms. The van der Waals surface area contributed by atoms with Gasteiger partial charge in [-0.2, -0.15) is 0 Å². The lowest BCUT2D eigenvalue weighted by Gasteiger charge is -2.22. The minimum absolute atomic E-state index is 0.00532. The molecule has 2 unspecified atom stereocenters. The van der Waals surface area contributed by atoms with E-state index in [9.17, 15) is 19.8 Å². The van der Waals surface area contributed by atoms with Gasteiger partial charge in [0.2, 0.25) is 5.91 Å². The molecule has 0 aromatic carbocycles. The molecule has 414 valence electrons. The molecule has 0 saturated carbocycles. The summed E-state index contributed by atoms with van der Waals surface area (Å²) in [6.07, 6.45) is 73.6. The minimum atomic E-state index is -0.658. The summed E-state index contributed by atoms with van der Waals surface area (Å²) in [5, 5.41) is 23.1. The normalized spacial score (nSPS) is 12.7. The Morgan fingerprint density at radius 1 is 0.400 bits per heavy atom. The van der Waals surface area contributed by atoms with Crippen LogP contribution in [0.1, 0.15) is 348 Å². The second-order valence-corrected chi connectivity index (χ2v) is 21.7. The lowest BCUT2D eigenvalue weighted by molar-refractivity contribution is -0.143. The predicted octanol–water partition coefficient (Wildman–Crippen LogP) is 19.8. The third-order valence-corrected chi connectivity index (χ3v) is 14.7. The molecule has 1 amide bonds. The van der Waals surface area contributed by atoms with Crippen molar-refractivity contribution in [3.05, 3.63) is 24.3 Å². The molecule has 0 saturated heterocycles. The van der Waals surface area contributed by atoms with Gasteiger partial charge < -0.3 is 20.3 Å². The molecule has 3 N–H and O–H groups in total. The fraction of sp³-hybridized carbons (Fsp3) is 0.906. The summed E-state index contributed by atoms with van der Waals surface area (Å²) in [7, 11) is 0. The number of unbranched alkanes of at least 4 members (excludes halogenated alkanes) is 44. The van der Waals surface area contributed by atoms with Crippen LogP contribution in [-0.4, -0.2) is 47.4 Å². The first kappa shape index (κ1) is 68.3. The molecule has 0 spiro atoms. The Morgan fingerprint density at radius 2 is 0.743 bits per heavy atom. The lowest BCUT2D eigenvalue weighted by atomic mass is 10.0. The highest BCUT2D eigenvalue weighted by atomic mass is 16.5. The first-order chi connectivity index (χ1) is 34.5. The van der Waals surface area contributed by atoms with E-state index in [0.717, 1.165) is 51.4 Å². The molecule has 0 radical (unpaired) electrons. The Hall–Kier alpha value is -1.66. The molecule has 0 aromatic rings. The molecule has 0 aliphatic heterocycles. The van der Waals surface area contributed by atoms with Crippen LogP contribution in [0.5, 0.6) is 0 Å². The van der Waals surface area contributed by atoms with Crippen LogP contribution in [-0.2, 0) is 14.3 Å². The maximum absolute atomic E-state index is 12.4. The van der Waals surface area contributed by atoms with E-state index in [1.54, 1.807) is 0 Å². The van der Waals surface area contributed by atoms with Gasteiger partial charge in [0.15, 0.2) is 0 Å². The molecule has 70 heavy (non-hydrogen) atoms. The van der Waals surface area contributed by atoms with E-state index in [-0.39, 0.29) is 18.5 Å². The molecule has 0 aromatic heterocycles. The van der Waals surface area contributed by atoms with E-state index in [4.69, 9.17) is 4.74 Å². The Kier molecular flexibility index (Phi) is 58.5. The Balaban J connectivity index is 3.29. The van der Waals surface area contributed by atoms with Crippen molar-refractivity contribution in [1.82, 2.24) is 5.32 Å². The van der Waals surface area contributed by atoms with E-state index in [1.807, 2.05) is 0 Å². The van der Waals surface area contributed by atoms with Crippen molar-refractivity contribution in [3.8, 4) is 0 Å². The topological polar surface area (TPSA) is 95.9 Å². The van der Waals surface area contributed by atoms with Crippen molar-refractivity contribution in [3.63, 3.8) is 0 Å². The zero-order valence-corrected chi connectivity index (χ0v) is 47.3. The van der Waals surface area contributed by atoms with Crippen molar-refractivity contribution >= 4 is 11.9 Å². The van der Waals surface area contributed by atoms with Crippen molar-refractivity contribution in [2.45, 2.75) is 360 Å². The molecule has 0 heterocycles. The van der Waals surface area contributed by atoms with Gasteiger partial charge in [0.25, 0.3) is 0 Å². The fourth-order valence-corrected chi connectivity index (χ4v) is 9.92. The maximum atomic E-state index is 12.4. The standard InChI is InChI=1S/C64H123NO5/c1-3-5-7-9-11-13-14-34-38-42-46-50-54-58-64(69)70-59-55-51-47-43-39-36-33-31-29-27-25-23-21-19-17-15-16-18-20-22-24-26-28-30-32-35-37-41-45-49-53-57-63(68)65-61(60-66)62(67)56-52-48-44-40-12-10-8-6-4-2/h7,9,13-14,61-62,66-67H,3-6,8,10-12,15-60H2,1-2H3,(H,65,68)/b9-7-,14-13-. The van der Waals surface area contributed by atoms with E-state index in [0.29, 0.717) is 25.9 Å². The highest BCUT2D eigenvalue weighted by Gasteiger charge is 2.20. The number of rotatable bonds is 59. The van der Waals surface area contributed by atoms with E-state index in [2.05, 4.69) is 43.5 Å². The van der Waals surface area contributed by atoms with Crippen LogP contribution >= 0.6 is 0 Å². The zero-order chi connectivity index (χ0) is 50.7. The number of carbonyl (C=O) groups is 2. The maximum Gasteiger partial charge on any atom is 0.305 e. The third kappa shape index (κ3) is 55.7. The molecule has 0 aliphatic rings. The quantitative estimate of drug-likeness (QED) is 0.0321. The van der Waals surface area contributed by atoms with Crippen LogP contribution in [0.2, 0.25) is 0 Å². The van der Waals surface area contributed by atoms with Gasteiger partial charge in [-0.15, -0.1) is 0 Å². The first-order valence-electron chi connectivity index (χ1n) is 31.6. The molecule has 0 aliphatic carbocycles. The average Bonchev–Trinajstić information content (AvgIpc) is 3.36. The van der Waals surface area contributed by atoms with Crippen LogP contribution in [0.4, 0.5) is 0 Å². The fourth-order valence-electron chi connectivity index (χ4n) is 9.92. The van der Waals surface area contributed by atoms with Gasteiger partial charge in [-0.05, 0) is 51.4 Å². The molecule has 6 nitrogen and oxygen atoms in total. The van der Waals surface area contributed by atoms with Gasteiger partial charge >= 0.3 is 5.97 Å². The minimum Gasteiger partial charge on any atom is -0.466 e. The van der Waals surface area contributed by atoms with Gasteiger partial charge in [-0.3, -0.25) is 9.59 Å². The summed E-state index contributed by atoms with van der Waals surface area (Å²) >= 11 is 0. The van der Waals surface area contributed by atoms with Gasteiger partial charge in [0, 0.05) is 12.8 Å². The highest BCUT2D eigenvalue weighted by molar-refractivity contribution is 5.76. The summed E-state index contributed by atoms with van der Waals surface area (Å²) in [6, 6.07) is -0.535. The number of esters is 1. The smallest absolute Gasteiger partial charge is 0.305 e. The Morgan fingerprint density at radius 3 is 1.14 bits per heavy atom. The third-order valence-electron chi connectivity index (χ3n) is 14.7. The van der Waals surface area contributed by atoms with Gasteiger partial charge in [0.05, 0.1) is 25.4 Å². The summed E-state index contributed by atoms with van der Waals surface area (Å²) in [6.45, 7) is 4.88. The van der Waals surface area contributed by atoms with Crippen LogP contribution in [0, 0.1) is 0 Å². The molecule has 6 heteroatoms. The summed E-state index contributed by atoms with van der Waals surface area (Å²) in [4.78, 5) is 24.4. The molecular weight excluding hydrogens is 863 g/mol. The second-order valence-electron chi connectivity index (χ2n) is 21.7. The SMILES string of the molecule is CCC/C=C\C/C=C\CCCCCCCC(=O)OCCCCCCCCCCCCCCCCCCCCCCCCCCCCCCCCCC(=O)NC(CO)C(O)CCCCCCCCCCC. The zero-order valence-electron chi connectivity index (χ0n) is 47.3. The first-order valence-corrected chi connectivity index (χ1v) is 31.6. The second kappa shape index (κ2) is 59.9. The molecule has 0 rings (SSSR count). The molecular formula is C64H123NO5. The summed E-state index contributed by atoms with van der Waals surface area (Å²) in [5.41, 5.74) is 0. The Labute approximate surface area is 437 Å². The molecule has 2 atom stereocenters.